The molecule has 5 nitrogen and oxygen atoms in total. The Morgan fingerprint density at radius 3 is 2.48 bits per heavy atom. The van der Waals surface area contributed by atoms with Gasteiger partial charge in [-0.1, -0.05) is 11.6 Å². The number of hydrogen-bond donors (Lipinski definition) is 0. The maximum absolute atomic E-state index is 12.0. The lowest BCUT2D eigenvalue weighted by atomic mass is 10.1. The lowest BCUT2D eigenvalue weighted by Crippen LogP contribution is -2.44. The Bertz CT molecular complexity index is 574. The Morgan fingerprint density at radius 1 is 1.30 bits per heavy atom. The summed E-state index contributed by atoms with van der Waals surface area (Å²) >= 11 is 6.11. The van der Waals surface area contributed by atoms with Crippen molar-refractivity contribution in [1.29, 1.82) is 0 Å². The summed E-state index contributed by atoms with van der Waals surface area (Å²) < 4.78 is 11.3. The van der Waals surface area contributed by atoms with Crippen molar-refractivity contribution >= 4 is 24.0 Å². The number of benzene rings is 1. The van der Waals surface area contributed by atoms with E-state index in [0.717, 1.165) is 6.29 Å². The van der Waals surface area contributed by atoms with Gasteiger partial charge in [0, 0.05) is 31.5 Å². The maximum atomic E-state index is 12.0. The highest BCUT2D eigenvalue weighted by Gasteiger charge is 2.27. The van der Waals surface area contributed by atoms with Crippen molar-refractivity contribution in [2.75, 3.05) is 13.1 Å². The molecule has 0 atom stereocenters. The van der Waals surface area contributed by atoms with Crippen molar-refractivity contribution in [3.8, 4) is 5.75 Å². The molecule has 126 valence electrons. The number of piperidine rings is 1. The number of carbonyl (C=O) groups is 2. The van der Waals surface area contributed by atoms with Crippen LogP contribution in [0.4, 0.5) is 4.79 Å². The van der Waals surface area contributed by atoms with Crippen LogP contribution >= 0.6 is 11.6 Å². The summed E-state index contributed by atoms with van der Waals surface area (Å²) in [5.74, 6) is 0.563. The van der Waals surface area contributed by atoms with E-state index in [9.17, 15) is 9.59 Å². The number of nitrogens with zero attached hydrogens (tertiary/aromatic N) is 1. The molecule has 0 unspecified atom stereocenters. The van der Waals surface area contributed by atoms with Crippen molar-refractivity contribution in [3.05, 3.63) is 28.8 Å². The van der Waals surface area contributed by atoms with Gasteiger partial charge >= 0.3 is 6.09 Å². The van der Waals surface area contributed by atoms with Crippen LogP contribution in [-0.2, 0) is 4.74 Å². The van der Waals surface area contributed by atoms with Crippen LogP contribution in [-0.4, -0.2) is 42.1 Å². The highest BCUT2D eigenvalue weighted by atomic mass is 35.5. The second-order valence-corrected chi connectivity index (χ2v) is 7.00. The molecule has 0 bridgehead atoms. The molecular formula is C17H22ClNO4. The molecular weight excluding hydrogens is 318 g/mol. The van der Waals surface area contributed by atoms with E-state index in [-0.39, 0.29) is 12.2 Å². The average molecular weight is 340 g/mol. The second-order valence-electron chi connectivity index (χ2n) is 6.59. The van der Waals surface area contributed by atoms with Crippen LogP contribution in [0.5, 0.6) is 5.75 Å². The fraction of sp³-hybridized carbons (Fsp3) is 0.529. The summed E-state index contributed by atoms with van der Waals surface area (Å²) in [5.41, 5.74) is 0.0280. The van der Waals surface area contributed by atoms with Crippen molar-refractivity contribution in [2.24, 2.45) is 0 Å². The van der Waals surface area contributed by atoms with Crippen LogP contribution in [0.25, 0.3) is 0 Å². The Labute approximate surface area is 141 Å². The Balaban J connectivity index is 1.87. The molecule has 6 heteroatoms. The monoisotopic (exact) mass is 339 g/mol. The first-order chi connectivity index (χ1) is 10.8. The molecule has 0 aliphatic carbocycles. The van der Waals surface area contributed by atoms with E-state index in [0.29, 0.717) is 42.3 Å². The van der Waals surface area contributed by atoms with Gasteiger partial charge in [-0.25, -0.2) is 4.79 Å². The highest BCUT2D eigenvalue weighted by molar-refractivity contribution is 6.32. The lowest BCUT2D eigenvalue weighted by Gasteiger charge is -2.33. The van der Waals surface area contributed by atoms with Gasteiger partial charge in [-0.05, 0) is 39.0 Å². The standard InChI is InChI=1S/C17H22ClNO4/c1-17(2,3)23-16(21)19-8-6-13(7-9-19)22-15-5-4-12(11-20)10-14(15)18/h4-5,10-11,13H,6-9H2,1-3H3. The van der Waals surface area contributed by atoms with Gasteiger partial charge in [-0.15, -0.1) is 0 Å². The Morgan fingerprint density at radius 2 is 1.96 bits per heavy atom. The first-order valence-corrected chi connectivity index (χ1v) is 8.05. The third kappa shape index (κ3) is 5.13. The molecule has 0 aromatic heterocycles. The first kappa shape index (κ1) is 17.6. The molecule has 1 aliphatic rings. The molecule has 1 aromatic rings. The van der Waals surface area contributed by atoms with E-state index in [1.165, 1.54) is 0 Å². The lowest BCUT2D eigenvalue weighted by molar-refractivity contribution is 0.0126. The summed E-state index contributed by atoms with van der Waals surface area (Å²) in [6.07, 6.45) is 1.88. The normalized spacial score (nSPS) is 16.1. The van der Waals surface area contributed by atoms with Crippen LogP contribution in [0.2, 0.25) is 5.02 Å². The number of rotatable bonds is 3. The number of amides is 1. The summed E-state index contributed by atoms with van der Waals surface area (Å²) in [6, 6.07) is 4.95. The minimum absolute atomic E-state index is 0.00623. The van der Waals surface area contributed by atoms with Crippen LogP contribution in [0, 0.1) is 0 Å². The van der Waals surface area contributed by atoms with Gasteiger partial charge in [0.25, 0.3) is 0 Å². The number of likely N-dealkylation sites (tertiary alicyclic amines) is 1. The fourth-order valence-electron chi connectivity index (χ4n) is 2.35. The molecule has 2 rings (SSSR count). The largest absolute Gasteiger partial charge is 0.489 e. The molecule has 1 aromatic carbocycles. The van der Waals surface area contributed by atoms with Crippen molar-refractivity contribution in [3.63, 3.8) is 0 Å². The van der Waals surface area contributed by atoms with Crippen molar-refractivity contribution in [1.82, 2.24) is 4.90 Å². The zero-order chi connectivity index (χ0) is 17.0. The average Bonchev–Trinajstić information content (AvgIpc) is 2.48. The van der Waals surface area contributed by atoms with Gasteiger partial charge in [-0.3, -0.25) is 4.79 Å². The Kier molecular flexibility index (Phi) is 5.52. The van der Waals surface area contributed by atoms with Gasteiger partial charge in [0.15, 0.2) is 0 Å². The topological polar surface area (TPSA) is 55.8 Å². The molecule has 1 saturated heterocycles. The predicted octanol–water partition coefficient (Wildman–Crippen LogP) is 3.93. The molecule has 0 N–H and O–H groups in total. The molecule has 1 fully saturated rings. The molecule has 1 heterocycles. The van der Waals surface area contributed by atoms with Crippen molar-refractivity contribution < 1.29 is 19.1 Å². The quantitative estimate of drug-likeness (QED) is 0.783. The van der Waals surface area contributed by atoms with E-state index >= 15 is 0 Å². The molecule has 1 amide bonds. The van der Waals surface area contributed by atoms with Crippen LogP contribution in [0.15, 0.2) is 18.2 Å². The number of aldehydes is 1. The predicted molar refractivity (Wildman–Crippen MR) is 88.3 cm³/mol. The molecule has 0 spiro atoms. The van der Waals surface area contributed by atoms with Crippen LogP contribution in [0.3, 0.4) is 0 Å². The van der Waals surface area contributed by atoms with E-state index < -0.39 is 5.60 Å². The minimum Gasteiger partial charge on any atom is -0.489 e. The van der Waals surface area contributed by atoms with Crippen molar-refractivity contribution in [2.45, 2.75) is 45.3 Å². The first-order valence-electron chi connectivity index (χ1n) is 7.68. The van der Waals surface area contributed by atoms with Crippen LogP contribution in [0.1, 0.15) is 44.0 Å². The number of halogens is 1. The molecule has 0 radical (unpaired) electrons. The SMILES string of the molecule is CC(C)(C)OC(=O)N1CCC(Oc2ccc(C=O)cc2Cl)CC1. The number of carbonyl (C=O) groups excluding carboxylic acids is 2. The van der Waals surface area contributed by atoms with E-state index in [1.807, 2.05) is 20.8 Å². The Hall–Kier alpha value is -1.75. The molecule has 23 heavy (non-hydrogen) atoms. The highest BCUT2D eigenvalue weighted by Crippen LogP contribution is 2.28. The summed E-state index contributed by atoms with van der Waals surface area (Å²) in [7, 11) is 0. The van der Waals surface area contributed by atoms with Gasteiger partial charge in [0.2, 0.25) is 0 Å². The summed E-state index contributed by atoms with van der Waals surface area (Å²) in [5, 5.41) is 0.421. The van der Waals surface area contributed by atoms with E-state index in [1.54, 1.807) is 23.1 Å². The third-order valence-electron chi connectivity index (χ3n) is 3.48. The summed E-state index contributed by atoms with van der Waals surface area (Å²) in [4.78, 5) is 24.4. The fourth-order valence-corrected chi connectivity index (χ4v) is 2.58. The van der Waals surface area contributed by atoms with Crippen LogP contribution < -0.4 is 4.74 Å². The number of ether oxygens (including phenoxy) is 2. The van der Waals surface area contributed by atoms with E-state index in [4.69, 9.17) is 21.1 Å². The maximum Gasteiger partial charge on any atom is 0.410 e. The van der Waals surface area contributed by atoms with Gasteiger partial charge < -0.3 is 14.4 Å². The second kappa shape index (κ2) is 7.21. The van der Waals surface area contributed by atoms with E-state index in [2.05, 4.69) is 0 Å². The zero-order valence-corrected chi connectivity index (χ0v) is 14.4. The molecule has 1 aliphatic heterocycles. The van der Waals surface area contributed by atoms with Gasteiger partial charge in [-0.2, -0.15) is 0 Å². The number of hydrogen-bond acceptors (Lipinski definition) is 4. The summed E-state index contributed by atoms with van der Waals surface area (Å²) in [6.45, 7) is 6.73. The zero-order valence-electron chi connectivity index (χ0n) is 13.7. The third-order valence-corrected chi connectivity index (χ3v) is 3.77. The smallest absolute Gasteiger partial charge is 0.410 e. The van der Waals surface area contributed by atoms with Gasteiger partial charge in [0.1, 0.15) is 23.7 Å². The minimum atomic E-state index is -0.488. The van der Waals surface area contributed by atoms with Gasteiger partial charge in [0.05, 0.1) is 5.02 Å². The molecule has 0 saturated carbocycles.